The molecule has 9 heteroatoms. The van der Waals surface area contributed by atoms with Gasteiger partial charge >= 0.3 is 6.03 Å². The van der Waals surface area contributed by atoms with Gasteiger partial charge in [-0.1, -0.05) is 23.5 Å². The molecular formula is C21H22N4O4S. The molecule has 2 heterocycles. The van der Waals surface area contributed by atoms with Crippen LogP contribution in [0.25, 0.3) is 10.2 Å². The van der Waals surface area contributed by atoms with Gasteiger partial charge in [0.1, 0.15) is 11.9 Å². The number of aromatic nitrogens is 1. The Kier molecular flexibility index (Phi) is 4.50. The zero-order valence-electron chi connectivity index (χ0n) is 16.6. The molecule has 2 aromatic rings. The van der Waals surface area contributed by atoms with Crippen LogP contribution in [0.1, 0.15) is 20.3 Å². The maximum absolute atomic E-state index is 12.8. The van der Waals surface area contributed by atoms with E-state index in [2.05, 4.69) is 27.8 Å². The largest absolute Gasteiger partial charge is 0.494 e. The monoisotopic (exact) mass is 426 g/mol. The van der Waals surface area contributed by atoms with Crippen LogP contribution >= 0.6 is 11.3 Å². The number of likely N-dealkylation sites (tertiary alicyclic amines) is 1. The summed E-state index contributed by atoms with van der Waals surface area (Å²) in [5, 5.41) is 5.84. The minimum Gasteiger partial charge on any atom is -0.494 e. The Bertz CT molecular complexity index is 1050. The molecule has 5 rings (SSSR count). The zero-order valence-corrected chi connectivity index (χ0v) is 17.4. The van der Waals surface area contributed by atoms with Crippen molar-refractivity contribution in [2.24, 2.45) is 23.7 Å². The molecule has 2 bridgehead atoms. The van der Waals surface area contributed by atoms with Crippen LogP contribution in [-0.4, -0.2) is 40.5 Å². The number of rotatable bonds is 5. The number of imide groups is 1. The minimum absolute atomic E-state index is 0.145. The van der Waals surface area contributed by atoms with Gasteiger partial charge in [0.05, 0.1) is 28.7 Å². The van der Waals surface area contributed by atoms with Gasteiger partial charge in [-0.05, 0) is 44.2 Å². The van der Waals surface area contributed by atoms with Crippen molar-refractivity contribution in [3.05, 3.63) is 30.4 Å². The molecule has 1 aromatic carbocycles. The van der Waals surface area contributed by atoms with Crippen LogP contribution in [0.15, 0.2) is 30.4 Å². The summed E-state index contributed by atoms with van der Waals surface area (Å²) in [5.74, 6) is 0.0991. The number of nitrogens with zero attached hydrogens (tertiary/aromatic N) is 2. The van der Waals surface area contributed by atoms with Crippen LogP contribution in [0.4, 0.5) is 9.93 Å². The molecule has 30 heavy (non-hydrogen) atoms. The number of fused-ring (bicyclic) bond motifs is 6. The van der Waals surface area contributed by atoms with E-state index in [1.807, 2.05) is 25.1 Å². The SMILES string of the molecule is CCOc1ccc2sc(NC(=O)N[C@H](C)N3C(=O)[C@@H]4[C@@H](C3=O)[C@H]3C=C[C@H]4C3)nc2c1. The number of hydrogen-bond donors (Lipinski definition) is 2. The second-order valence-electron chi connectivity index (χ2n) is 7.90. The van der Waals surface area contributed by atoms with Gasteiger partial charge in [-0.2, -0.15) is 0 Å². The molecule has 3 aliphatic rings. The number of benzene rings is 1. The molecule has 1 aromatic heterocycles. The number of carbonyl (C=O) groups is 3. The van der Waals surface area contributed by atoms with Crippen molar-refractivity contribution < 1.29 is 19.1 Å². The van der Waals surface area contributed by atoms with E-state index in [-0.39, 0.29) is 35.5 Å². The van der Waals surface area contributed by atoms with E-state index >= 15 is 0 Å². The van der Waals surface area contributed by atoms with Crippen LogP contribution in [-0.2, 0) is 9.59 Å². The van der Waals surface area contributed by atoms with Crippen LogP contribution in [0, 0.1) is 23.7 Å². The molecule has 2 fully saturated rings. The van der Waals surface area contributed by atoms with E-state index in [0.717, 1.165) is 22.4 Å². The summed E-state index contributed by atoms with van der Waals surface area (Å²) < 4.78 is 6.39. The van der Waals surface area contributed by atoms with Crippen molar-refractivity contribution in [2.45, 2.75) is 26.4 Å². The fourth-order valence-electron chi connectivity index (χ4n) is 4.91. The highest BCUT2D eigenvalue weighted by Gasteiger charge is 2.60. The summed E-state index contributed by atoms with van der Waals surface area (Å²) in [6.45, 7) is 4.13. The Labute approximate surface area is 177 Å². The number of urea groups is 1. The summed E-state index contributed by atoms with van der Waals surface area (Å²) >= 11 is 1.34. The molecule has 0 spiro atoms. The fourth-order valence-corrected chi connectivity index (χ4v) is 5.75. The molecule has 2 aliphatic carbocycles. The minimum atomic E-state index is -0.728. The van der Waals surface area contributed by atoms with Crippen molar-refractivity contribution in [1.82, 2.24) is 15.2 Å². The lowest BCUT2D eigenvalue weighted by Gasteiger charge is -2.25. The Balaban J connectivity index is 1.25. The molecule has 1 saturated carbocycles. The quantitative estimate of drug-likeness (QED) is 0.566. The number of allylic oxidation sites excluding steroid dienone is 2. The number of hydrogen-bond acceptors (Lipinski definition) is 6. The average Bonchev–Trinajstić information content (AvgIpc) is 3.44. The number of nitrogens with one attached hydrogen (secondary N) is 2. The van der Waals surface area contributed by atoms with Gasteiger partial charge in [-0.15, -0.1) is 0 Å². The van der Waals surface area contributed by atoms with Crippen molar-refractivity contribution in [2.75, 3.05) is 11.9 Å². The fraction of sp³-hybridized carbons (Fsp3) is 0.429. The lowest BCUT2D eigenvalue weighted by atomic mass is 9.85. The second kappa shape index (κ2) is 7.09. The summed E-state index contributed by atoms with van der Waals surface area (Å²) in [6, 6.07) is 5.07. The number of thiazole rings is 1. The van der Waals surface area contributed by atoms with Gasteiger partial charge in [0.15, 0.2) is 5.13 Å². The predicted octanol–water partition coefficient (Wildman–Crippen LogP) is 2.97. The van der Waals surface area contributed by atoms with E-state index in [4.69, 9.17) is 4.74 Å². The molecule has 8 nitrogen and oxygen atoms in total. The van der Waals surface area contributed by atoms with E-state index < -0.39 is 12.2 Å². The number of carbonyl (C=O) groups excluding carboxylic acids is 3. The first-order valence-corrected chi connectivity index (χ1v) is 10.9. The molecule has 2 N–H and O–H groups in total. The van der Waals surface area contributed by atoms with E-state index in [9.17, 15) is 14.4 Å². The van der Waals surface area contributed by atoms with Crippen molar-refractivity contribution in [3.63, 3.8) is 0 Å². The molecule has 0 radical (unpaired) electrons. The maximum Gasteiger partial charge on any atom is 0.322 e. The summed E-state index contributed by atoms with van der Waals surface area (Å²) in [5.41, 5.74) is 0.731. The number of anilines is 1. The zero-order chi connectivity index (χ0) is 21.0. The highest BCUT2D eigenvalue weighted by molar-refractivity contribution is 7.22. The van der Waals surface area contributed by atoms with Gasteiger partial charge < -0.3 is 10.1 Å². The molecule has 5 atom stereocenters. The topological polar surface area (TPSA) is 101 Å². The van der Waals surface area contributed by atoms with Gasteiger partial charge in [-0.3, -0.25) is 19.8 Å². The molecule has 0 unspecified atom stereocenters. The van der Waals surface area contributed by atoms with Crippen LogP contribution in [0.2, 0.25) is 0 Å². The Morgan fingerprint density at radius 3 is 2.63 bits per heavy atom. The van der Waals surface area contributed by atoms with Crippen LogP contribution in [0.5, 0.6) is 5.75 Å². The Morgan fingerprint density at radius 2 is 1.97 bits per heavy atom. The summed E-state index contributed by atoms with van der Waals surface area (Å²) in [7, 11) is 0. The summed E-state index contributed by atoms with van der Waals surface area (Å²) in [6.07, 6.45) is 4.25. The molecule has 156 valence electrons. The molecular weight excluding hydrogens is 404 g/mol. The predicted molar refractivity (Wildman–Crippen MR) is 112 cm³/mol. The van der Waals surface area contributed by atoms with Gasteiger partial charge in [0.2, 0.25) is 11.8 Å². The van der Waals surface area contributed by atoms with Crippen molar-refractivity contribution >= 4 is 44.5 Å². The highest BCUT2D eigenvalue weighted by atomic mass is 32.1. The summed E-state index contributed by atoms with van der Waals surface area (Å²) in [4.78, 5) is 43.8. The van der Waals surface area contributed by atoms with Gasteiger partial charge in [-0.25, -0.2) is 9.78 Å². The maximum atomic E-state index is 12.8. The van der Waals surface area contributed by atoms with E-state index in [1.165, 1.54) is 16.2 Å². The van der Waals surface area contributed by atoms with Gasteiger partial charge in [0.25, 0.3) is 0 Å². The Hall–Kier alpha value is -2.94. The lowest BCUT2D eigenvalue weighted by molar-refractivity contribution is -0.143. The lowest BCUT2D eigenvalue weighted by Crippen LogP contribution is -2.51. The smallest absolute Gasteiger partial charge is 0.322 e. The number of ether oxygens (including phenoxy) is 1. The van der Waals surface area contributed by atoms with Crippen molar-refractivity contribution in [1.29, 1.82) is 0 Å². The number of amides is 4. The normalized spacial score (nSPS) is 27.6. The highest BCUT2D eigenvalue weighted by Crippen LogP contribution is 2.52. The standard InChI is InChI=1S/C21H22N4O4S/c1-3-29-13-6-7-15-14(9-13)23-21(30-15)24-20(28)22-10(2)25-18(26)16-11-4-5-12(8-11)17(16)19(25)27/h4-7,9-12,16-17H,3,8H2,1-2H3,(H2,22,23,24,28)/t10-,11-,12-,16-,17-/m0/s1. The first-order valence-electron chi connectivity index (χ1n) is 10.1. The first kappa shape index (κ1) is 19.0. The molecule has 4 amide bonds. The van der Waals surface area contributed by atoms with E-state index in [0.29, 0.717) is 11.7 Å². The third-order valence-corrected chi connectivity index (χ3v) is 7.07. The third-order valence-electron chi connectivity index (χ3n) is 6.12. The first-order chi connectivity index (χ1) is 14.5. The van der Waals surface area contributed by atoms with E-state index in [1.54, 1.807) is 6.92 Å². The Morgan fingerprint density at radius 1 is 1.27 bits per heavy atom. The average molecular weight is 426 g/mol. The van der Waals surface area contributed by atoms with Gasteiger partial charge in [0, 0.05) is 6.07 Å². The second-order valence-corrected chi connectivity index (χ2v) is 8.93. The van der Waals surface area contributed by atoms with Crippen LogP contribution in [0.3, 0.4) is 0 Å². The van der Waals surface area contributed by atoms with Crippen LogP contribution < -0.4 is 15.4 Å². The third kappa shape index (κ3) is 2.96. The molecule has 1 saturated heterocycles. The van der Waals surface area contributed by atoms with Crippen molar-refractivity contribution in [3.8, 4) is 5.75 Å². The molecule has 1 aliphatic heterocycles.